The molecule has 1 N–H and O–H groups in total. The number of benzene rings is 1. The Morgan fingerprint density at radius 1 is 1.35 bits per heavy atom. The molecule has 0 saturated heterocycles. The van der Waals surface area contributed by atoms with Crippen LogP contribution in [0.3, 0.4) is 0 Å². The highest BCUT2D eigenvalue weighted by Crippen LogP contribution is 2.10. The highest BCUT2D eigenvalue weighted by Gasteiger charge is 2.08. The minimum atomic E-state index is 0.0914. The molecule has 0 aliphatic heterocycles. The quantitative estimate of drug-likeness (QED) is 0.615. The Labute approximate surface area is 122 Å². The first-order chi connectivity index (χ1) is 9.67. The zero-order valence-electron chi connectivity index (χ0n) is 13.1. The predicted molar refractivity (Wildman–Crippen MR) is 85.4 cm³/mol. The van der Waals surface area contributed by atoms with E-state index < -0.39 is 0 Å². The number of rotatable bonds is 7. The second kappa shape index (κ2) is 9.23. The van der Waals surface area contributed by atoms with Crippen molar-refractivity contribution >= 4 is 5.96 Å². The second-order valence-corrected chi connectivity index (χ2v) is 4.94. The molecule has 4 nitrogen and oxygen atoms in total. The van der Waals surface area contributed by atoms with Gasteiger partial charge in [0.2, 0.25) is 0 Å². The lowest BCUT2D eigenvalue weighted by molar-refractivity contribution is 0.222. The molecular formula is C16H27N3O. The van der Waals surface area contributed by atoms with E-state index in [1.165, 1.54) is 12.8 Å². The third kappa shape index (κ3) is 5.95. The van der Waals surface area contributed by atoms with Crippen LogP contribution in [0.2, 0.25) is 0 Å². The van der Waals surface area contributed by atoms with Gasteiger partial charge in [0, 0.05) is 20.6 Å². The summed E-state index contributed by atoms with van der Waals surface area (Å²) in [4.78, 5) is 6.45. The number of hydrogen-bond acceptors (Lipinski definition) is 2. The smallest absolute Gasteiger partial charge is 0.193 e. The summed E-state index contributed by atoms with van der Waals surface area (Å²) in [6.45, 7) is 6.00. The molecule has 0 spiro atoms. The van der Waals surface area contributed by atoms with Crippen LogP contribution in [0.5, 0.6) is 5.75 Å². The Balaban J connectivity index is 2.36. The number of nitrogens with one attached hydrogen (secondary N) is 1. The van der Waals surface area contributed by atoms with Gasteiger partial charge in [-0.2, -0.15) is 0 Å². The average Bonchev–Trinajstić information content (AvgIpc) is 2.46. The van der Waals surface area contributed by atoms with E-state index in [1.54, 1.807) is 0 Å². The number of hydrogen-bond donors (Lipinski definition) is 1. The van der Waals surface area contributed by atoms with Crippen LogP contribution in [0.25, 0.3) is 0 Å². The molecule has 0 saturated carbocycles. The van der Waals surface area contributed by atoms with Gasteiger partial charge >= 0.3 is 0 Å². The fraction of sp³-hybridized carbons (Fsp3) is 0.562. The third-order valence-electron chi connectivity index (χ3n) is 3.05. The molecule has 0 aliphatic rings. The first-order valence-electron chi connectivity index (χ1n) is 7.30. The minimum Gasteiger partial charge on any atom is -0.489 e. The van der Waals surface area contributed by atoms with E-state index >= 15 is 0 Å². The van der Waals surface area contributed by atoms with E-state index in [0.29, 0.717) is 0 Å². The summed E-state index contributed by atoms with van der Waals surface area (Å²) in [5, 5.41) is 3.35. The topological polar surface area (TPSA) is 36.9 Å². The summed E-state index contributed by atoms with van der Waals surface area (Å²) in [6.07, 6.45) is 2.45. The maximum Gasteiger partial charge on any atom is 0.193 e. The van der Waals surface area contributed by atoms with Gasteiger partial charge in [-0.15, -0.1) is 0 Å². The van der Waals surface area contributed by atoms with Gasteiger partial charge < -0.3 is 15.0 Å². The van der Waals surface area contributed by atoms with Crippen LogP contribution in [-0.4, -0.2) is 44.1 Å². The molecule has 112 valence electrons. The molecule has 0 bridgehead atoms. The highest BCUT2D eigenvalue weighted by molar-refractivity contribution is 5.79. The van der Waals surface area contributed by atoms with Gasteiger partial charge in [0.1, 0.15) is 11.9 Å². The molecule has 1 aromatic carbocycles. The van der Waals surface area contributed by atoms with Crippen molar-refractivity contribution < 1.29 is 4.74 Å². The molecule has 20 heavy (non-hydrogen) atoms. The maximum absolute atomic E-state index is 5.83. The SMILES string of the molecule is CCCCN(C)C(=NC)NCC(C)Oc1ccccc1. The Bertz CT molecular complexity index is 392. The first-order valence-corrected chi connectivity index (χ1v) is 7.30. The predicted octanol–water partition coefficient (Wildman–Crippen LogP) is 2.76. The van der Waals surface area contributed by atoms with E-state index in [-0.39, 0.29) is 6.10 Å². The van der Waals surface area contributed by atoms with Gasteiger partial charge in [0.05, 0.1) is 6.54 Å². The number of unbranched alkanes of at least 4 members (excludes halogenated alkanes) is 1. The summed E-state index contributed by atoms with van der Waals surface area (Å²) in [6, 6.07) is 9.89. The fourth-order valence-corrected chi connectivity index (χ4v) is 1.89. The lowest BCUT2D eigenvalue weighted by Gasteiger charge is -2.23. The van der Waals surface area contributed by atoms with Crippen molar-refractivity contribution in [3.05, 3.63) is 30.3 Å². The van der Waals surface area contributed by atoms with E-state index in [9.17, 15) is 0 Å². The molecule has 1 atom stereocenters. The monoisotopic (exact) mass is 277 g/mol. The van der Waals surface area contributed by atoms with Crippen molar-refractivity contribution in [2.24, 2.45) is 4.99 Å². The van der Waals surface area contributed by atoms with Crippen molar-refractivity contribution in [1.82, 2.24) is 10.2 Å². The van der Waals surface area contributed by atoms with E-state index in [2.05, 4.69) is 36.1 Å². The fourth-order valence-electron chi connectivity index (χ4n) is 1.89. The van der Waals surface area contributed by atoms with Crippen molar-refractivity contribution in [2.75, 3.05) is 27.2 Å². The van der Waals surface area contributed by atoms with Crippen molar-refractivity contribution in [3.8, 4) is 5.75 Å². The van der Waals surface area contributed by atoms with E-state index in [4.69, 9.17) is 4.74 Å². The molecule has 4 heteroatoms. The number of guanidine groups is 1. The number of aliphatic imine (C=N–C) groups is 1. The molecule has 0 heterocycles. The van der Waals surface area contributed by atoms with Gasteiger partial charge in [0.25, 0.3) is 0 Å². The van der Waals surface area contributed by atoms with Crippen molar-refractivity contribution in [2.45, 2.75) is 32.8 Å². The normalized spacial score (nSPS) is 12.9. The molecule has 0 amide bonds. The highest BCUT2D eigenvalue weighted by atomic mass is 16.5. The molecule has 1 rings (SSSR count). The molecule has 0 radical (unpaired) electrons. The van der Waals surface area contributed by atoms with Crippen LogP contribution in [-0.2, 0) is 0 Å². The summed E-state index contributed by atoms with van der Waals surface area (Å²) >= 11 is 0. The summed E-state index contributed by atoms with van der Waals surface area (Å²) in [5.74, 6) is 1.82. The maximum atomic E-state index is 5.83. The van der Waals surface area contributed by atoms with Gasteiger partial charge in [-0.05, 0) is 25.5 Å². The molecule has 1 aromatic rings. The Hall–Kier alpha value is -1.71. The first kappa shape index (κ1) is 16.3. The van der Waals surface area contributed by atoms with Crippen LogP contribution in [0.15, 0.2) is 35.3 Å². The van der Waals surface area contributed by atoms with Crippen molar-refractivity contribution in [1.29, 1.82) is 0 Å². The zero-order chi connectivity index (χ0) is 14.8. The molecule has 0 fully saturated rings. The average molecular weight is 277 g/mol. The zero-order valence-corrected chi connectivity index (χ0v) is 13.1. The van der Waals surface area contributed by atoms with Crippen molar-refractivity contribution in [3.63, 3.8) is 0 Å². The van der Waals surface area contributed by atoms with Crippen LogP contribution >= 0.6 is 0 Å². The van der Waals surface area contributed by atoms with Gasteiger partial charge in [-0.1, -0.05) is 31.5 Å². The molecular weight excluding hydrogens is 250 g/mol. The van der Waals surface area contributed by atoms with E-state index in [0.717, 1.165) is 24.8 Å². The Morgan fingerprint density at radius 3 is 2.65 bits per heavy atom. The Morgan fingerprint density at radius 2 is 2.05 bits per heavy atom. The van der Waals surface area contributed by atoms with Crippen LogP contribution in [0.1, 0.15) is 26.7 Å². The number of ether oxygens (including phenoxy) is 1. The van der Waals surface area contributed by atoms with Crippen LogP contribution in [0.4, 0.5) is 0 Å². The lowest BCUT2D eigenvalue weighted by Crippen LogP contribution is -2.43. The summed E-state index contributed by atoms with van der Waals surface area (Å²) < 4.78 is 5.83. The van der Waals surface area contributed by atoms with Gasteiger partial charge in [0.15, 0.2) is 5.96 Å². The van der Waals surface area contributed by atoms with Gasteiger partial charge in [-0.3, -0.25) is 4.99 Å². The van der Waals surface area contributed by atoms with Crippen LogP contribution < -0.4 is 10.1 Å². The third-order valence-corrected chi connectivity index (χ3v) is 3.05. The Kier molecular flexibility index (Phi) is 7.55. The van der Waals surface area contributed by atoms with E-state index in [1.807, 2.05) is 37.4 Å². The van der Waals surface area contributed by atoms with Gasteiger partial charge in [-0.25, -0.2) is 0 Å². The standard InChI is InChI=1S/C16H27N3O/c1-5-6-12-19(4)16(17-3)18-13-14(2)20-15-10-8-7-9-11-15/h7-11,14H,5-6,12-13H2,1-4H3,(H,17,18). The largest absolute Gasteiger partial charge is 0.489 e. The number of para-hydroxylation sites is 1. The number of nitrogens with zero attached hydrogens (tertiary/aromatic N) is 2. The minimum absolute atomic E-state index is 0.0914. The molecule has 0 aliphatic carbocycles. The lowest BCUT2D eigenvalue weighted by atomic mass is 10.3. The second-order valence-electron chi connectivity index (χ2n) is 4.94. The summed E-state index contributed by atoms with van der Waals surface area (Å²) in [7, 11) is 3.88. The molecule has 0 aromatic heterocycles. The molecule has 1 unspecified atom stereocenters. The van der Waals surface area contributed by atoms with Crippen LogP contribution in [0, 0.1) is 0 Å². The summed E-state index contributed by atoms with van der Waals surface area (Å²) in [5.41, 5.74) is 0.